The number of aromatic nitrogens is 1. The summed E-state index contributed by atoms with van der Waals surface area (Å²) in [5.74, 6) is -0.395. The third-order valence-electron chi connectivity index (χ3n) is 1.73. The van der Waals surface area contributed by atoms with E-state index in [-0.39, 0.29) is 25.4 Å². The number of ether oxygens (including phenoxy) is 2. The van der Waals surface area contributed by atoms with E-state index in [0.29, 0.717) is 5.75 Å². The van der Waals surface area contributed by atoms with Gasteiger partial charge in [0, 0.05) is 10.7 Å². The van der Waals surface area contributed by atoms with Crippen molar-refractivity contribution in [3.05, 3.63) is 22.9 Å². The van der Waals surface area contributed by atoms with Gasteiger partial charge in [-0.05, 0) is 28.9 Å². The van der Waals surface area contributed by atoms with Gasteiger partial charge in [0.25, 0.3) is 0 Å². The minimum absolute atomic E-state index is 0.170. The van der Waals surface area contributed by atoms with E-state index in [1.54, 1.807) is 19.2 Å². The van der Waals surface area contributed by atoms with Crippen LogP contribution in [0.1, 0.15) is 13.3 Å². The quantitative estimate of drug-likeness (QED) is 0.591. The fourth-order valence-electron chi connectivity index (χ4n) is 1.06. The first kappa shape index (κ1) is 13.6. The van der Waals surface area contributed by atoms with Crippen LogP contribution in [-0.2, 0) is 14.3 Å². The van der Waals surface area contributed by atoms with Crippen molar-refractivity contribution in [1.29, 1.82) is 0 Å². The number of rotatable bonds is 6. The highest BCUT2D eigenvalue weighted by Crippen LogP contribution is 2.15. The molecule has 92 valence electrons. The van der Waals surface area contributed by atoms with Crippen molar-refractivity contribution in [2.45, 2.75) is 13.3 Å². The largest absolute Gasteiger partial charge is 0.484 e. The van der Waals surface area contributed by atoms with Crippen LogP contribution in [-0.4, -0.2) is 30.0 Å². The molecule has 1 heterocycles. The van der Waals surface area contributed by atoms with E-state index >= 15 is 0 Å². The van der Waals surface area contributed by atoms with Gasteiger partial charge >= 0.3 is 5.97 Å². The van der Waals surface area contributed by atoms with Crippen molar-refractivity contribution in [2.75, 3.05) is 13.2 Å². The average Bonchev–Trinajstić information content (AvgIpc) is 2.27. The number of carbonyl (C=O) groups is 2. The van der Waals surface area contributed by atoms with Crippen molar-refractivity contribution < 1.29 is 19.1 Å². The summed E-state index contributed by atoms with van der Waals surface area (Å²) < 4.78 is 10.6. The summed E-state index contributed by atoms with van der Waals surface area (Å²) in [6.07, 6.45) is 2.82. The maximum atomic E-state index is 11.3. The Morgan fingerprint density at radius 1 is 1.41 bits per heavy atom. The fraction of sp³-hybridized carbons (Fsp3) is 0.364. The minimum Gasteiger partial charge on any atom is -0.484 e. The van der Waals surface area contributed by atoms with Gasteiger partial charge in [-0.25, -0.2) is 0 Å². The number of esters is 1. The number of nitrogens with zero attached hydrogens (tertiary/aromatic N) is 1. The predicted molar refractivity (Wildman–Crippen MR) is 63.7 cm³/mol. The van der Waals surface area contributed by atoms with Crippen molar-refractivity contribution in [3.63, 3.8) is 0 Å². The van der Waals surface area contributed by atoms with E-state index in [9.17, 15) is 9.59 Å². The van der Waals surface area contributed by atoms with Crippen molar-refractivity contribution in [2.24, 2.45) is 0 Å². The summed E-state index contributed by atoms with van der Waals surface area (Å²) >= 11 is 3.23. The first-order valence-corrected chi connectivity index (χ1v) is 5.81. The smallest absolute Gasteiger partial charge is 0.313 e. The van der Waals surface area contributed by atoms with E-state index in [2.05, 4.69) is 25.7 Å². The number of carbonyl (C=O) groups excluding carboxylic acids is 2. The fourth-order valence-corrected chi connectivity index (χ4v) is 1.40. The van der Waals surface area contributed by atoms with Crippen LogP contribution in [0, 0.1) is 0 Å². The zero-order valence-corrected chi connectivity index (χ0v) is 10.9. The van der Waals surface area contributed by atoms with Crippen LogP contribution in [0.15, 0.2) is 22.9 Å². The summed E-state index contributed by atoms with van der Waals surface area (Å²) in [4.78, 5) is 26.2. The monoisotopic (exact) mass is 301 g/mol. The molecule has 5 nitrogen and oxygen atoms in total. The van der Waals surface area contributed by atoms with Gasteiger partial charge in [0.15, 0.2) is 5.78 Å². The molecule has 1 aromatic rings. The molecular formula is C11H12BrNO4. The van der Waals surface area contributed by atoms with Crippen LogP contribution in [0.4, 0.5) is 0 Å². The summed E-state index contributed by atoms with van der Waals surface area (Å²) in [5, 5.41) is 0. The number of hydrogen-bond donors (Lipinski definition) is 0. The Balaban J connectivity index is 2.35. The highest BCUT2D eigenvalue weighted by atomic mass is 79.9. The van der Waals surface area contributed by atoms with Gasteiger partial charge in [0.2, 0.25) is 0 Å². The van der Waals surface area contributed by atoms with E-state index in [4.69, 9.17) is 4.74 Å². The van der Waals surface area contributed by atoms with Gasteiger partial charge in [-0.2, -0.15) is 0 Å². The molecule has 0 aromatic carbocycles. The Morgan fingerprint density at radius 3 is 2.82 bits per heavy atom. The lowest BCUT2D eigenvalue weighted by Gasteiger charge is -2.05. The molecule has 0 bridgehead atoms. The highest BCUT2D eigenvalue weighted by Gasteiger charge is 2.11. The van der Waals surface area contributed by atoms with E-state index in [1.165, 1.54) is 6.20 Å². The Labute approximate surface area is 107 Å². The summed E-state index contributed by atoms with van der Waals surface area (Å²) in [6, 6.07) is 1.69. The molecule has 0 atom stereocenters. The maximum Gasteiger partial charge on any atom is 0.313 e. The molecule has 0 amide bonds. The van der Waals surface area contributed by atoms with Crippen LogP contribution >= 0.6 is 15.9 Å². The number of pyridine rings is 1. The molecule has 0 saturated heterocycles. The number of ketones is 1. The lowest BCUT2D eigenvalue weighted by Crippen LogP contribution is -2.17. The van der Waals surface area contributed by atoms with Gasteiger partial charge in [-0.1, -0.05) is 0 Å². The molecule has 1 rings (SSSR count). The highest BCUT2D eigenvalue weighted by molar-refractivity contribution is 9.10. The third-order valence-corrected chi connectivity index (χ3v) is 2.16. The molecule has 0 fully saturated rings. The van der Waals surface area contributed by atoms with Gasteiger partial charge in [-0.3, -0.25) is 14.6 Å². The average molecular weight is 302 g/mol. The molecule has 17 heavy (non-hydrogen) atoms. The SMILES string of the molecule is CCOC(=O)CC(=O)COc1cncc(Br)c1. The van der Waals surface area contributed by atoms with Crippen LogP contribution in [0.2, 0.25) is 0 Å². The first-order valence-electron chi connectivity index (χ1n) is 5.02. The van der Waals surface area contributed by atoms with Crippen LogP contribution in [0.5, 0.6) is 5.75 Å². The topological polar surface area (TPSA) is 65.5 Å². The molecule has 0 radical (unpaired) electrons. The molecule has 0 aliphatic rings. The van der Waals surface area contributed by atoms with E-state index in [1.807, 2.05) is 0 Å². The van der Waals surface area contributed by atoms with Crippen molar-refractivity contribution >= 4 is 27.7 Å². The molecule has 0 spiro atoms. The Kier molecular flexibility index (Phi) is 5.62. The van der Waals surface area contributed by atoms with Crippen LogP contribution < -0.4 is 4.74 Å². The molecular weight excluding hydrogens is 290 g/mol. The molecule has 0 N–H and O–H groups in total. The molecule has 1 aromatic heterocycles. The summed E-state index contributed by atoms with van der Waals surface area (Å²) in [6.45, 7) is 1.78. The lowest BCUT2D eigenvalue weighted by atomic mass is 10.3. The number of hydrogen-bond acceptors (Lipinski definition) is 5. The summed E-state index contributed by atoms with van der Waals surface area (Å²) in [5.41, 5.74) is 0. The third kappa shape index (κ3) is 5.44. The van der Waals surface area contributed by atoms with E-state index < -0.39 is 5.97 Å². The van der Waals surface area contributed by atoms with Gasteiger partial charge < -0.3 is 9.47 Å². The number of halogens is 1. The van der Waals surface area contributed by atoms with Gasteiger partial charge in [-0.15, -0.1) is 0 Å². The minimum atomic E-state index is -0.534. The lowest BCUT2D eigenvalue weighted by molar-refractivity contribution is -0.145. The predicted octanol–water partition coefficient (Wildman–Crippen LogP) is 1.75. The number of Topliss-reactive ketones (excluding diaryl/α,β-unsaturated/α-hetero) is 1. The Morgan fingerprint density at radius 2 is 2.18 bits per heavy atom. The van der Waals surface area contributed by atoms with Gasteiger partial charge in [0.05, 0.1) is 12.8 Å². The molecule has 0 unspecified atom stereocenters. The second-order valence-corrected chi connectivity index (χ2v) is 4.06. The second-order valence-electron chi connectivity index (χ2n) is 3.15. The Bertz CT molecular complexity index is 408. The molecule has 0 saturated carbocycles. The second kappa shape index (κ2) is 7.01. The maximum absolute atomic E-state index is 11.3. The van der Waals surface area contributed by atoms with Gasteiger partial charge in [0.1, 0.15) is 18.8 Å². The normalized spacial score (nSPS) is 9.76. The Hall–Kier alpha value is -1.43. The van der Waals surface area contributed by atoms with E-state index in [0.717, 1.165) is 4.47 Å². The van der Waals surface area contributed by atoms with Crippen LogP contribution in [0.3, 0.4) is 0 Å². The van der Waals surface area contributed by atoms with Crippen molar-refractivity contribution in [1.82, 2.24) is 4.98 Å². The van der Waals surface area contributed by atoms with Crippen LogP contribution in [0.25, 0.3) is 0 Å². The van der Waals surface area contributed by atoms with Crippen molar-refractivity contribution in [3.8, 4) is 5.75 Å². The zero-order chi connectivity index (χ0) is 12.7. The molecule has 6 heteroatoms. The molecule has 0 aliphatic carbocycles. The summed E-state index contributed by atoms with van der Waals surface area (Å²) in [7, 11) is 0. The zero-order valence-electron chi connectivity index (χ0n) is 9.31. The first-order chi connectivity index (χ1) is 8.11. The molecule has 0 aliphatic heterocycles. The standard InChI is InChI=1S/C11H12BrNO4/c1-2-16-11(15)4-9(14)7-17-10-3-8(12)5-13-6-10/h3,5-6H,2,4,7H2,1H3.